The third-order valence-corrected chi connectivity index (χ3v) is 4.74. The number of rotatable bonds is 6. The first-order valence-electron chi connectivity index (χ1n) is 10.1. The summed E-state index contributed by atoms with van der Waals surface area (Å²) in [5.74, 6) is 0. The van der Waals surface area contributed by atoms with E-state index in [2.05, 4.69) is 59.5 Å². The maximum Gasteiger partial charge on any atom is 0.0394 e. The molecular weight excluding hydrogens is 280 g/mol. The molecule has 1 saturated heterocycles. The van der Waals surface area contributed by atoms with Crippen molar-refractivity contribution in [2.45, 2.75) is 31.8 Å². The summed E-state index contributed by atoms with van der Waals surface area (Å²) in [4.78, 5) is 4.18. The van der Waals surface area contributed by atoms with Crippen LogP contribution in [0.2, 0.25) is 0 Å². The molecule has 2 aromatic carbocycles. The maximum absolute atomic E-state index is 7.62. The van der Waals surface area contributed by atoms with Gasteiger partial charge >= 0.3 is 0 Å². The lowest BCUT2D eigenvalue weighted by molar-refractivity contribution is 0.115. The molecule has 0 N–H and O–H groups in total. The molecule has 2 heteroatoms. The van der Waals surface area contributed by atoms with E-state index in [0.717, 1.165) is 32.4 Å². The Morgan fingerprint density at radius 2 is 1.57 bits per heavy atom. The Hall–Kier alpha value is -1.64. The zero-order valence-electron chi connectivity index (χ0n) is 16.7. The predicted octanol–water partition coefficient (Wildman–Crippen LogP) is 3.83. The van der Waals surface area contributed by atoms with Crippen LogP contribution in [0.4, 0.5) is 0 Å². The van der Waals surface area contributed by atoms with E-state index in [1.54, 1.807) is 4.90 Å². The highest BCUT2D eigenvalue weighted by Crippen LogP contribution is 2.19. The Morgan fingerprint density at radius 3 is 2.17 bits per heavy atom. The van der Waals surface area contributed by atoms with E-state index in [9.17, 15) is 0 Å². The van der Waals surface area contributed by atoms with Crippen molar-refractivity contribution < 1.29 is 4.11 Å². The van der Waals surface area contributed by atoms with Crippen LogP contribution in [-0.2, 0) is 13.0 Å². The number of hydrogen-bond donors (Lipinski definition) is 0. The molecule has 2 nitrogen and oxygen atoms in total. The molecule has 0 bridgehead atoms. The van der Waals surface area contributed by atoms with Gasteiger partial charge in [-0.25, -0.2) is 0 Å². The number of benzene rings is 2. The van der Waals surface area contributed by atoms with Crippen LogP contribution in [0, 0.1) is 0 Å². The summed E-state index contributed by atoms with van der Waals surface area (Å²) in [5.41, 5.74) is 2.67. The lowest BCUT2D eigenvalue weighted by Crippen LogP contribution is -2.44. The molecule has 0 aliphatic carbocycles. The van der Waals surface area contributed by atoms with Crippen molar-refractivity contribution in [3.63, 3.8) is 0 Å². The van der Waals surface area contributed by atoms with Gasteiger partial charge in [0.2, 0.25) is 0 Å². The van der Waals surface area contributed by atoms with E-state index in [1.807, 2.05) is 6.07 Å². The highest BCUT2D eigenvalue weighted by Gasteiger charge is 2.23. The molecular formula is C21H28N2. The predicted molar refractivity (Wildman–Crippen MR) is 97.5 cm³/mol. The fourth-order valence-electron chi connectivity index (χ4n) is 3.36. The van der Waals surface area contributed by atoms with E-state index in [4.69, 9.17) is 4.11 Å². The Kier molecular flexibility index (Phi) is 4.59. The van der Waals surface area contributed by atoms with Crippen molar-refractivity contribution in [3.05, 3.63) is 71.8 Å². The summed E-state index contributed by atoms with van der Waals surface area (Å²) in [6.07, 6.45) is 2.85. The third-order valence-electron chi connectivity index (χ3n) is 4.74. The van der Waals surface area contributed by atoms with E-state index < -0.39 is 6.98 Å². The van der Waals surface area contributed by atoms with Gasteiger partial charge in [0.25, 0.3) is 0 Å². The second-order valence-corrected chi connectivity index (χ2v) is 6.41. The second kappa shape index (κ2) is 8.28. The van der Waals surface area contributed by atoms with Gasteiger partial charge in [-0.3, -0.25) is 4.90 Å². The van der Waals surface area contributed by atoms with Crippen LogP contribution < -0.4 is 0 Å². The Labute approximate surface area is 145 Å². The minimum atomic E-state index is -1.96. The molecule has 1 aliphatic heterocycles. The van der Waals surface area contributed by atoms with Gasteiger partial charge < -0.3 is 4.90 Å². The van der Waals surface area contributed by atoms with Crippen LogP contribution in [0.3, 0.4) is 0 Å². The van der Waals surface area contributed by atoms with Crippen LogP contribution in [0.5, 0.6) is 0 Å². The smallest absolute Gasteiger partial charge is 0.0394 e. The molecule has 0 unspecified atom stereocenters. The van der Waals surface area contributed by atoms with Gasteiger partial charge in [-0.05, 0) is 50.5 Å². The van der Waals surface area contributed by atoms with E-state index in [0.29, 0.717) is 19.1 Å². The van der Waals surface area contributed by atoms with Crippen molar-refractivity contribution in [3.8, 4) is 0 Å². The lowest BCUT2D eigenvalue weighted by atomic mass is 10.0. The van der Waals surface area contributed by atoms with E-state index >= 15 is 0 Å². The van der Waals surface area contributed by atoms with Crippen LogP contribution in [0.15, 0.2) is 60.7 Å². The van der Waals surface area contributed by atoms with Gasteiger partial charge in [-0.2, -0.15) is 0 Å². The van der Waals surface area contributed by atoms with Gasteiger partial charge in [-0.1, -0.05) is 60.7 Å². The van der Waals surface area contributed by atoms with Crippen LogP contribution >= 0.6 is 0 Å². The first kappa shape index (κ1) is 12.7. The van der Waals surface area contributed by atoms with Gasteiger partial charge in [0.05, 0.1) is 0 Å². The molecule has 0 spiro atoms. The van der Waals surface area contributed by atoms with Gasteiger partial charge in [0.15, 0.2) is 0 Å². The Morgan fingerprint density at radius 1 is 0.957 bits per heavy atom. The zero-order chi connectivity index (χ0) is 18.4. The van der Waals surface area contributed by atoms with E-state index in [-0.39, 0.29) is 0 Å². The number of piperidine rings is 1. The average molecular weight is 311 g/mol. The lowest BCUT2D eigenvalue weighted by Gasteiger charge is -2.37. The zero-order valence-corrected chi connectivity index (χ0v) is 13.7. The minimum Gasteiger partial charge on any atom is -0.306 e. The number of nitrogens with zero attached hydrogens (tertiary/aromatic N) is 2. The topological polar surface area (TPSA) is 6.48 Å². The Bertz CT molecular complexity index is 650. The molecule has 0 saturated carbocycles. The quantitative estimate of drug-likeness (QED) is 0.800. The van der Waals surface area contributed by atoms with Crippen molar-refractivity contribution in [2.75, 3.05) is 26.6 Å². The molecule has 0 amide bonds. The van der Waals surface area contributed by atoms with Crippen molar-refractivity contribution in [1.82, 2.24) is 9.80 Å². The molecule has 1 fully saturated rings. The van der Waals surface area contributed by atoms with Crippen molar-refractivity contribution in [2.24, 2.45) is 0 Å². The number of likely N-dealkylation sites (tertiary alicyclic amines) is 1. The molecule has 3 rings (SSSR count). The highest BCUT2D eigenvalue weighted by molar-refractivity contribution is 5.16. The first-order valence-corrected chi connectivity index (χ1v) is 8.59. The summed E-state index contributed by atoms with van der Waals surface area (Å²) < 4.78 is 22.9. The van der Waals surface area contributed by atoms with Crippen LogP contribution in [0.25, 0.3) is 0 Å². The standard InChI is InChI=1S/C21H28N2/c1-22-15-13-21(14-16-22)23(18-20-10-6-3-7-11-20)17-12-19-8-4-2-5-9-19/h2-11,21H,12-18H2,1H3/i1D3. The normalized spacial score (nSPS) is 19.3. The Balaban J connectivity index is 1.65. The fourth-order valence-corrected chi connectivity index (χ4v) is 3.36. The minimum absolute atomic E-state index is 0.442. The summed E-state index contributed by atoms with van der Waals surface area (Å²) >= 11 is 0. The average Bonchev–Trinajstić information content (AvgIpc) is 2.66. The first-order chi connectivity index (χ1) is 12.5. The SMILES string of the molecule is [2H]C([2H])([2H])N1CCC(N(CCc2ccccc2)Cc2ccccc2)CC1. The molecule has 1 heterocycles. The molecule has 23 heavy (non-hydrogen) atoms. The molecule has 2 aromatic rings. The largest absolute Gasteiger partial charge is 0.306 e. The third kappa shape index (κ3) is 4.92. The second-order valence-electron chi connectivity index (χ2n) is 6.41. The summed E-state index contributed by atoms with van der Waals surface area (Å²) in [7, 11) is 0. The molecule has 1 aliphatic rings. The maximum atomic E-state index is 7.62. The van der Waals surface area contributed by atoms with Gasteiger partial charge in [0, 0.05) is 23.2 Å². The molecule has 122 valence electrons. The van der Waals surface area contributed by atoms with Crippen molar-refractivity contribution >= 4 is 0 Å². The summed E-state index contributed by atoms with van der Waals surface area (Å²) in [6.45, 7) is 1.26. The number of hydrogen-bond acceptors (Lipinski definition) is 2. The highest BCUT2D eigenvalue weighted by atomic mass is 15.2. The fraction of sp³-hybridized carbons (Fsp3) is 0.429. The van der Waals surface area contributed by atoms with Crippen LogP contribution in [0.1, 0.15) is 28.1 Å². The van der Waals surface area contributed by atoms with Gasteiger partial charge in [0.1, 0.15) is 0 Å². The van der Waals surface area contributed by atoms with Crippen molar-refractivity contribution in [1.29, 1.82) is 0 Å². The monoisotopic (exact) mass is 311 g/mol. The summed E-state index contributed by atoms with van der Waals surface area (Å²) in [5, 5.41) is 0. The molecule has 0 atom stereocenters. The summed E-state index contributed by atoms with van der Waals surface area (Å²) in [6, 6.07) is 21.6. The van der Waals surface area contributed by atoms with Crippen LogP contribution in [-0.4, -0.2) is 42.5 Å². The van der Waals surface area contributed by atoms with E-state index in [1.165, 1.54) is 11.1 Å². The van der Waals surface area contributed by atoms with Gasteiger partial charge in [-0.15, -0.1) is 0 Å². The molecule has 0 aromatic heterocycles. The molecule has 0 radical (unpaired) electrons.